The lowest BCUT2D eigenvalue weighted by Crippen LogP contribution is -2.47. The summed E-state index contributed by atoms with van der Waals surface area (Å²) in [5.41, 5.74) is 0.464. The molecule has 1 heteroatoms. The Bertz CT molecular complexity index is 226. The Labute approximate surface area is 115 Å². The SMILES string of the molecule is CCCNC(C(C)C)C1CCCCC1C(C)(C)C. The van der Waals surface area contributed by atoms with E-state index in [-0.39, 0.29) is 0 Å². The maximum atomic E-state index is 3.84. The first-order valence-electron chi connectivity index (χ1n) is 8.11. The molecule has 0 radical (unpaired) electrons. The minimum atomic E-state index is 0.464. The molecule has 0 aromatic heterocycles. The van der Waals surface area contributed by atoms with Crippen LogP contribution in [0.4, 0.5) is 0 Å². The predicted octanol–water partition coefficient (Wildman–Crippen LogP) is 4.86. The van der Waals surface area contributed by atoms with E-state index in [9.17, 15) is 0 Å². The van der Waals surface area contributed by atoms with Crippen LogP contribution in [0.5, 0.6) is 0 Å². The third-order valence-electron chi connectivity index (χ3n) is 4.74. The van der Waals surface area contributed by atoms with Crippen molar-refractivity contribution in [3.05, 3.63) is 0 Å². The van der Waals surface area contributed by atoms with Crippen LogP contribution in [-0.2, 0) is 0 Å². The molecule has 0 aliphatic heterocycles. The number of hydrogen-bond acceptors (Lipinski definition) is 1. The van der Waals surface area contributed by atoms with Crippen LogP contribution in [0, 0.1) is 23.2 Å². The van der Waals surface area contributed by atoms with Crippen molar-refractivity contribution in [3.63, 3.8) is 0 Å². The van der Waals surface area contributed by atoms with Crippen LogP contribution >= 0.6 is 0 Å². The van der Waals surface area contributed by atoms with Gasteiger partial charge in [-0.3, -0.25) is 0 Å². The summed E-state index contributed by atoms with van der Waals surface area (Å²) in [6, 6.07) is 0.717. The van der Waals surface area contributed by atoms with E-state index in [1.807, 2.05) is 0 Å². The molecule has 0 bridgehead atoms. The second-order valence-corrected chi connectivity index (χ2v) is 7.64. The van der Waals surface area contributed by atoms with Crippen molar-refractivity contribution in [2.75, 3.05) is 6.54 Å². The van der Waals surface area contributed by atoms with Crippen molar-refractivity contribution < 1.29 is 0 Å². The molecule has 0 aromatic carbocycles. The first-order valence-corrected chi connectivity index (χ1v) is 8.11. The molecule has 1 nitrogen and oxygen atoms in total. The predicted molar refractivity (Wildman–Crippen MR) is 81.8 cm³/mol. The molecule has 1 N–H and O–H groups in total. The zero-order valence-corrected chi connectivity index (χ0v) is 13.6. The van der Waals surface area contributed by atoms with Crippen LogP contribution < -0.4 is 5.32 Å². The maximum absolute atomic E-state index is 3.84. The van der Waals surface area contributed by atoms with Gasteiger partial charge in [0.25, 0.3) is 0 Å². The highest BCUT2D eigenvalue weighted by molar-refractivity contribution is 4.91. The Morgan fingerprint density at radius 3 is 2.22 bits per heavy atom. The van der Waals surface area contributed by atoms with Gasteiger partial charge >= 0.3 is 0 Å². The topological polar surface area (TPSA) is 12.0 Å². The first-order chi connectivity index (χ1) is 8.38. The molecule has 0 saturated heterocycles. The molecule has 0 spiro atoms. The molecule has 1 aliphatic rings. The Morgan fingerprint density at radius 2 is 1.72 bits per heavy atom. The van der Waals surface area contributed by atoms with Crippen molar-refractivity contribution in [1.82, 2.24) is 5.32 Å². The van der Waals surface area contributed by atoms with Gasteiger partial charge in [0.1, 0.15) is 0 Å². The van der Waals surface area contributed by atoms with Crippen LogP contribution in [0.3, 0.4) is 0 Å². The largest absolute Gasteiger partial charge is 0.313 e. The van der Waals surface area contributed by atoms with Gasteiger partial charge < -0.3 is 5.32 Å². The van der Waals surface area contributed by atoms with Gasteiger partial charge in [-0.05, 0) is 49.0 Å². The zero-order chi connectivity index (χ0) is 13.8. The summed E-state index contributed by atoms with van der Waals surface area (Å²) in [5, 5.41) is 3.84. The van der Waals surface area contributed by atoms with E-state index in [1.54, 1.807) is 0 Å². The average molecular weight is 253 g/mol. The van der Waals surface area contributed by atoms with Gasteiger partial charge in [0.15, 0.2) is 0 Å². The molecule has 1 aliphatic carbocycles. The second-order valence-electron chi connectivity index (χ2n) is 7.64. The summed E-state index contributed by atoms with van der Waals surface area (Å²) >= 11 is 0. The molecule has 1 saturated carbocycles. The third-order valence-corrected chi connectivity index (χ3v) is 4.74. The maximum Gasteiger partial charge on any atom is 0.0121 e. The van der Waals surface area contributed by atoms with Gasteiger partial charge in [0, 0.05) is 6.04 Å². The smallest absolute Gasteiger partial charge is 0.0121 e. The summed E-state index contributed by atoms with van der Waals surface area (Å²) in [4.78, 5) is 0. The minimum absolute atomic E-state index is 0.464. The fourth-order valence-electron chi connectivity index (χ4n) is 3.86. The standard InChI is InChI=1S/C17H35N/c1-7-12-18-16(13(2)3)14-10-8-9-11-15(14)17(4,5)6/h13-16,18H,7-12H2,1-6H3. The van der Waals surface area contributed by atoms with Crippen molar-refractivity contribution in [2.24, 2.45) is 23.2 Å². The highest BCUT2D eigenvalue weighted by Crippen LogP contribution is 2.44. The number of hydrogen-bond donors (Lipinski definition) is 1. The molecule has 18 heavy (non-hydrogen) atoms. The minimum Gasteiger partial charge on any atom is -0.313 e. The van der Waals surface area contributed by atoms with Crippen LogP contribution in [0.2, 0.25) is 0 Å². The summed E-state index contributed by atoms with van der Waals surface area (Å²) in [5.74, 6) is 2.53. The van der Waals surface area contributed by atoms with Gasteiger partial charge in [-0.25, -0.2) is 0 Å². The lowest BCUT2D eigenvalue weighted by molar-refractivity contribution is 0.0656. The van der Waals surface area contributed by atoms with E-state index >= 15 is 0 Å². The molecule has 1 rings (SSSR count). The Hall–Kier alpha value is -0.0400. The first kappa shape index (κ1) is 16.0. The monoisotopic (exact) mass is 253 g/mol. The number of rotatable bonds is 5. The molecule has 0 aromatic rings. The lowest BCUT2D eigenvalue weighted by Gasteiger charge is -2.45. The molecular formula is C17H35N. The Morgan fingerprint density at radius 1 is 1.11 bits per heavy atom. The lowest BCUT2D eigenvalue weighted by atomic mass is 9.63. The van der Waals surface area contributed by atoms with Crippen molar-refractivity contribution >= 4 is 0 Å². The molecule has 0 amide bonds. The summed E-state index contributed by atoms with van der Waals surface area (Å²) < 4.78 is 0. The zero-order valence-electron chi connectivity index (χ0n) is 13.6. The fraction of sp³-hybridized carbons (Fsp3) is 1.00. The van der Waals surface area contributed by atoms with Crippen molar-refractivity contribution in [3.8, 4) is 0 Å². The van der Waals surface area contributed by atoms with Gasteiger partial charge in [-0.15, -0.1) is 0 Å². The van der Waals surface area contributed by atoms with E-state index in [1.165, 1.54) is 38.6 Å². The van der Waals surface area contributed by atoms with E-state index in [0.717, 1.165) is 23.8 Å². The van der Waals surface area contributed by atoms with E-state index in [4.69, 9.17) is 0 Å². The van der Waals surface area contributed by atoms with Crippen LogP contribution in [0.25, 0.3) is 0 Å². The highest BCUT2D eigenvalue weighted by atomic mass is 14.9. The summed E-state index contributed by atoms with van der Waals surface area (Å²) in [6.45, 7) is 15.5. The van der Waals surface area contributed by atoms with Gasteiger partial charge in [0.2, 0.25) is 0 Å². The second kappa shape index (κ2) is 6.93. The Balaban J connectivity index is 2.78. The molecule has 0 heterocycles. The molecule has 3 unspecified atom stereocenters. The fourth-order valence-corrected chi connectivity index (χ4v) is 3.86. The summed E-state index contributed by atoms with van der Waals surface area (Å²) in [6.07, 6.45) is 6.99. The van der Waals surface area contributed by atoms with Crippen molar-refractivity contribution in [2.45, 2.75) is 79.7 Å². The van der Waals surface area contributed by atoms with Crippen molar-refractivity contribution in [1.29, 1.82) is 0 Å². The van der Waals surface area contributed by atoms with E-state index in [0.29, 0.717) is 5.41 Å². The molecular weight excluding hydrogens is 218 g/mol. The quantitative estimate of drug-likeness (QED) is 0.737. The van der Waals surface area contributed by atoms with Gasteiger partial charge in [0.05, 0.1) is 0 Å². The summed E-state index contributed by atoms with van der Waals surface area (Å²) in [7, 11) is 0. The van der Waals surface area contributed by atoms with Gasteiger partial charge in [-0.1, -0.05) is 54.4 Å². The van der Waals surface area contributed by atoms with Crippen LogP contribution in [-0.4, -0.2) is 12.6 Å². The molecule has 108 valence electrons. The molecule has 3 atom stereocenters. The number of nitrogens with one attached hydrogen (secondary N) is 1. The molecule has 1 fully saturated rings. The average Bonchev–Trinajstić information content (AvgIpc) is 2.28. The highest BCUT2D eigenvalue weighted by Gasteiger charge is 2.38. The van der Waals surface area contributed by atoms with Crippen LogP contribution in [0.15, 0.2) is 0 Å². The normalized spacial score (nSPS) is 27.5. The van der Waals surface area contributed by atoms with E-state index < -0.39 is 0 Å². The van der Waals surface area contributed by atoms with Gasteiger partial charge in [-0.2, -0.15) is 0 Å². The van der Waals surface area contributed by atoms with E-state index in [2.05, 4.69) is 46.9 Å². The van der Waals surface area contributed by atoms with Crippen LogP contribution in [0.1, 0.15) is 73.6 Å². The Kier molecular flexibility index (Phi) is 6.17. The third kappa shape index (κ3) is 4.26.